The van der Waals surface area contributed by atoms with E-state index >= 15 is 0 Å². The summed E-state index contributed by atoms with van der Waals surface area (Å²) in [7, 11) is 0. The van der Waals surface area contributed by atoms with Crippen LogP contribution in [0.3, 0.4) is 0 Å². The molecule has 0 aromatic heterocycles. The van der Waals surface area contributed by atoms with Crippen LogP contribution in [0, 0.1) is 6.92 Å². The summed E-state index contributed by atoms with van der Waals surface area (Å²) in [5, 5.41) is 0. The molecular formula is C17H12Br3F3. The zero-order valence-electron chi connectivity index (χ0n) is 12.0. The van der Waals surface area contributed by atoms with Gasteiger partial charge in [0, 0.05) is 13.4 Å². The minimum atomic E-state index is -4.36. The van der Waals surface area contributed by atoms with Crippen LogP contribution < -0.4 is 0 Å². The van der Waals surface area contributed by atoms with Crippen LogP contribution >= 0.6 is 47.8 Å². The lowest BCUT2D eigenvalue weighted by molar-refractivity contribution is -0.139. The third kappa shape index (κ3) is 5.19. The lowest BCUT2D eigenvalue weighted by atomic mass is 9.97. The van der Waals surface area contributed by atoms with Crippen LogP contribution in [0.5, 0.6) is 0 Å². The van der Waals surface area contributed by atoms with Crippen molar-refractivity contribution in [1.82, 2.24) is 0 Å². The zero-order chi connectivity index (χ0) is 17.2. The van der Waals surface area contributed by atoms with Crippen molar-refractivity contribution >= 4 is 53.9 Å². The maximum absolute atomic E-state index is 13.4. The molecule has 0 nitrogen and oxygen atoms in total. The fourth-order valence-corrected chi connectivity index (χ4v) is 3.81. The molecule has 0 bridgehead atoms. The van der Waals surface area contributed by atoms with Gasteiger partial charge < -0.3 is 0 Å². The molecule has 0 aliphatic carbocycles. The lowest BCUT2D eigenvalue weighted by Gasteiger charge is -2.18. The SMILES string of the molecule is Cc1ccc(/C=C/C(c2cc(Br)cc(Br)c2)C(F)(F)F)cc1Br. The van der Waals surface area contributed by atoms with Crippen LogP contribution in [0.2, 0.25) is 0 Å². The van der Waals surface area contributed by atoms with Crippen LogP contribution in [-0.2, 0) is 0 Å². The summed E-state index contributed by atoms with van der Waals surface area (Å²) in [4.78, 5) is 0. The van der Waals surface area contributed by atoms with Crippen molar-refractivity contribution in [1.29, 1.82) is 0 Å². The van der Waals surface area contributed by atoms with E-state index in [1.54, 1.807) is 18.2 Å². The van der Waals surface area contributed by atoms with Gasteiger partial charge in [-0.1, -0.05) is 72.1 Å². The predicted molar refractivity (Wildman–Crippen MR) is 98.6 cm³/mol. The topological polar surface area (TPSA) is 0 Å². The van der Waals surface area contributed by atoms with Crippen LogP contribution in [-0.4, -0.2) is 6.18 Å². The van der Waals surface area contributed by atoms with E-state index in [4.69, 9.17) is 0 Å². The van der Waals surface area contributed by atoms with Crippen molar-refractivity contribution in [2.75, 3.05) is 0 Å². The number of hydrogen-bond donors (Lipinski definition) is 0. The Balaban J connectivity index is 2.39. The first kappa shape index (κ1) is 18.7. The number of alkyl halides is 3. The second-order valence-corrected chi connectivity index (χ2v) is 7.78. The first-order chi connectivity index (χ1) is 10.7. The van der Waals surface area contributed by atoms with E-state index in [-0.39, 0.29) is 5.56 Å². The molecule has 0 saturated carbocycles. The van der Waals surface area contributed by atoms with Crippen molar-refractivity contribution < 1.29 is 13.2 Å². The highest BCUT2D eigenvalue weighted by molar-refractivity contribution is 9.11. The van der Waals surface area contributed by atoms with Crippen LogP contribution in [0.4, 0.5) is 13.2 Å². The third-order valence-corrected chi connectivity index (χ3v) is 5.04. The van der Waals surface area contributed by atoms with Gasteiger partial charge in [-0.05, 0) is 47.9 Å². The van der Waals surface area contributed by atoms with Gasteiger partial charge >= 0.3 is 6.18 Å². The number of rotatable bonds is 3. The van der Waals surface area contributed by atoms with E-state index in [9.17, 15) is 13.2 Å². The molecule has 1 atom stereocenters. The highest BCUT2D eigenvalue weighted by Crippen LogP contribution is 2.38. The average Bonchev–Trinajstić information content (AvgIpc) is 2.40. The molecule has 2 aromatic carbocycles. The zero-order valence-corrected chi connectivity index (χ0v) is 16.7. The number of allylic oxidation sites excluding steroid dienone is 1. The Morgan fingerprint density at radius 3 is 2.09 bits per heavy atom. The quantitative estimate of drug-likeness (QED) is 0.396. The first-order valence-electron chi connectivity index (χ1n) is 6.64. The average molecular weight is 513 g/mol. The first-order valence-corrected chi connectivity index (χ1v) is 9.02. The molecular weight excluding hydrogens is 501 g/mol. The van der Waals surface area contributed by atoms with Gasteiger partial charge in [0.05, 0.1) is 5.92 Å². The van der Waals surface area contributed by atoms with Gasteiger partial charge in [-0.2, -0.15) is 13.2 Å². The van der Waals surface area contributed by atoms with Crippen molar-refractivity contribution in [3.8, 4) is 0 Å². The van der Waals surface area contributed by atoms with Gasteiger partial charge in [0.25, 0.3) is 0 Å². The van der Waals surface area contributed by atoms with Gasteiger partial charge in [-0.15, -0.1) is 0 Å². The molecule has 0 aliphatic rings. The Morgan fingerprint density at radius 2 is 1.57 bits per heavy atom. The standard InChI is InChI=1S/C17H12Br3F3/c1-10-2-3-11(6-16(10)20)4-5-15(17(21,22)23)12-7-13(18)9-14(19)8-12/h2-9,15H,1H3/b5-4+. The van der Waals surface area contributed by atoms with E-state index in [0.29, 0.717) is 14.5 Å². The molecule has 2 rings (SSSR count). The van der Waals surface area contributed by atoms with Crippen molar-refractivity contribution in [2.24, 2.45) is 0 Å². The summed E-state index contributed by atoms with van der Waals surface area (Å²) < 4.78 is 42.3. The van der Waals surface area contributed by atoms with E-state index in [0.717, 1.165) is 10.0 Å². The number of aryl methyl sites for hydroxylation is 1. The Morgan fingerprint density at radius 1 is 0.957 bits per heavy atom. The molecule has 6 heteroatoms. The molecule has 0 N–H and O–H groups in total. The molecule has 0 heterocycles. The van der Waals surface area contributed by atoms with Crippen molar-refractivity contribution in [2.45, 2.75) is 19.0 Å². The number of halogens is 6. The minimum Gasteiger partial charge on any atom is -0.170 e. The molecule has 122 valence electrons. The molecule has 0 spiro atoms. The Hall–Kier alpha value is -0.590. The minimum absolute atomic E-state index is 0.182. The van der Waals surface area contributed by atoms with Gasteiger partial charge in [-0.3, -0.25) is 0 Å². The summed E-state index contributed by atoms with van der Waals surface area (Å²) in [6.07, 6.45) is -1.68. The van der Waals surface area contributed by atoms with Gasteiger partial charge in [-0.25, -0.2) is 0 Å². The Labute approximate surface area is 158 Å². The highest BCUT2D eigenvalue weighted by Gasteiger charge is 2.39. The molecule has 0 radical (unpaired) electrons. The number of benzene rings is 2. The summed E-state index contributed by atoms with van der Waals surface area (Å²) >= 11 is 9.86. The van der Waals surface area contributed by atoms with Crippen molar-refractivity contribution in [3.63, 3.8) is 0 Å². The van der Waals surface area contributed by atoms with Gasteiger partial charge in [0.2, 0.25) is 0 Å². The molecule has 23 heavy (non-hydrogen) atoms. The summed E-state index contributed by atoms with van der Waals surface area (Å²) in [6.45, 7) is 1.93. The fraction of sp³-hybridized carbons (Fsp3) is 0.176. The maximum atomic E-state index is 13.4. The smallest absolute Gasteiger partial charge is 0.170 e. The molecule has 0 fully saturated rings. The Kier molecular flexibility index (Phi) is 6.14. The largest absolute Gasteiger partial charge is 0.399 e. The normalized spacial score (nSPS) is 13.5. The highest BCUT2D eigenvalue weighted by atomic mass is 79.9. The number of hydrogen-bond acceptors (Lipinski definition) is 0. The monoisotopic (exact) mass is 510 g/mol. The molecule has 2 aromatic rings. The van der Waals surface area contributed by atoms with Crippen LogP contribution in [0.25, 0.3) is 6.08 Å². The van der Waals surface area contributed by atoms with Crippen molar-refractivity contribution in [3.05, 3.63) is 72.6 Å². The van der Waals surface area contributed by atoms with E-state index < -0.39 is 12.1 Å². The summed E-state index contributed by atoms with van der Waals surface area (Å²) in [6, 6.07) is 10.1. The van der Waals surface area contributed by atoms with Crippen LogP contribution in [0.1, 0.15) is 22.6 Å². The molecule has 0 saturated heterocycles. The van der Waals surface area contributed by atoms with E-state index in [1.165, 1.54) is 24.3 Å². The third-order valence-electron chi connectivity index (χ3n) is 3.27. The fourth-order valence-electron chi connectivity index (χ4n) is 2.08. The van der Waals surface area contributed by atoms with Crippen LogP contribution in [0.15, 0.2) is 55.9 Å². The second kappa shape index (κ2) is 7.53. The summed E-state index contributed by atoms with van der Waals surface area (Å²) in [5.74, 6) is -1.67. The lowest BCUT2D eigenvalue weighted by Crippen LogP contribution is -2.18. The van der Waals surface area contributed by atoms with Gasteiger partial charge in [0.1, 0.15) is 0 Å². The maximum Gasteiger partial charge on any atom is 0.399 e. The second-order valence-electron chi connectivity index (χ2n) is 5.09. The summed E-state index contributed by atoms with van der Waals surface area (Å²) in [5.41, 5.74) is 1.93. The molecule has 0 amide bonds. The Bertz CT molecular complexity index is 716. The molecule has 1 unspecified atom stereocenters. The van der Waals surface area contributed by atoms with E-state index in [1.807, 2.05) is 13.0 Å². The van der Waals surface area contributed by atoms with Gasteiger partial charge in [0.15, 0.2) is 0 Å². The van der Waals surface area contributed by atoms with E-state index in [2.05, 4.69) is 47.8 Å². The molecule has 0 aliphatic heterocycles. The predicted octanol–water partition coefficient (Wildman–Crippen LogP) is 7.64.